The summed E-state index contributed by atoms with van der Waals surface area (Å²) < 4.78 is 27.1. The first-order valence-electron chi connectivity index (χ1n) is 8.26. The second-order valence-electron chi connectivity index (χ2n) is 6.71. The molecule has 1 saturated heterocycles. The van der Waals surface area contributed by atoms with Crippen molar-refractivity contribution in [2.75, 3.05) is 7.11 Å². The predicted molar refractivity (Wildman–Crippen MR) is 93.3 cm³/mol. The number of aliphatic hydroxyl groups excluding tert-OH is 1. The fraction of sp³-hybridized carbons (Fsp3) is 0.444. The van der Waals surface area contributed by atoms with E-state index in [4.69, 9.17) is 29.1 Å². The van der Waals surface area contributed by atoms with Crippen LogP contribution in [-0.4, -0.2) is 48.5 Å². The topological polar surface area (TPSA) is 130 Å². The molecule has 0 spiro atoms. The summed E-state index contributed by atoms with van der Waals surface area (Å²) in [6, 6.07) is 7.78. The smallest absolute Gasteiger partial charge is 0.404 e. The van der Waals surface area contributed by atoms with Crippen molar-refractivity contribution in [2.45, 2.75) is 44.1 Å². The van der Waals surface area contributed by atoms with E-state index in [2.05, 4.69) is 0 Å². The van der Waals surface area contributed by atoms with Gasteiger partial charge in [0.15, 0.2) is 12.2 Å². The monoisotopic (exact) mass is 379 g/mol. The number of aliphatic hydroxyl groups is 1. The van der Waals surface area contributed by atoms with Crippen molar-refractivity contribution >= 4 is 17.1 Å². The van der Waals surface area contributed by atoms with Crippen LogP contribution in [0.5, 0.6) is 5.75 Å². The van der Waals surface area contributed by atoms with Gasteiger partial charge in [0.25, 0.3) is 0 Å². The fourth-order valence-corrected chi connectivity index (χ4v) is 3.19. The molecule has 9 heteroatoms. The number of nitrogens with two attached hydrogens (primary N) is 1. The number of rotatable bonds is 4. The summed E-state index contributed by atoms with van der Waals surface area (Å²) in [4.78, 5) is 22.6. The Hall–Kier alpha value is -2.62. The number of methoxy groups -OCH3 is 1. The zero-order valence-electron chi connectivity index (χ0n) is 15.1. The van der Waals surface area contributed by atoms with E-state index in [9.17, 15) is 14.7 Å². The Labute approximate surface area is 154 Å². The zero-order chi connectivity index (χ0) is 19.8. The molecule has 9 nitrogen and oxygen atoms in total. The van der Waals surface area contributed by atoms with Gasteiger partial charge in [-0.15, -0.1) is 0 Å². The molecule has 0 saturated carbocycles. The fourth-order valence-electron chi connectivity index (χ4n) is 3.19. The average molecular weight is 379 g/mol. The zero-order valence-corrected chi connectivity index (χ0v) is 15.1. The normalized spacial score (nSPS) is 27.3. The van der Waals surface area contributed by atoms with Crippen LogP contribution in [-0.2, 0) is 14.2 Å². The molecule has 3 rings (SSSR count). The Kier molecular flexibility index (Phi) is 5.09. The Morgan fingerprint density at radius 1 is 1.26 bits per heavy atom. The van der Waals surface area contributed by atoms with Crippen LogP contribution in [0.2, 0.25) is 0 Å². The maximum Gasteiger partial charge on any atom is 0.404 e. The molecule has 1 unspecified atom stereocenters. The van der Waals surface area contributed by atoms with Gasteiger partial charge in [0.2, 0.25) is 6.29 Å². The summed E-state index contributed by atoms with van der Waals surface area (Å²) in [5, 5.41) is 11.3. The van der Waals surface area contributed by atoms with Gasteiger partial charge in [-0.05, 0) is 32.0 Å². The van der Waals surface area contributed by atoms with Crippen molar-refractivity contribution < 1.29 is 33.3 Å². The molecule has 1 aliphatic heterocycles. The van der Waals surface area contributed by atoms with Crippen LogP contribution in [0.25, 0.3) is 11.0 Å². The lowest BCUT2D eigenvalue weighted by Gasteiger charge is -2.47. The quantitative estimate of drug-likeness (QED) is 0.757. The van der Waals surface area contributed by atoms with Crippen molar-refractivity contribution in [2.24, 2.45) is 5.73 Å². The van der Waals surface area contributed by atoms with E-state index in [0.717, 1.165) is 0 Å². The lowest BCUT2D eigenvalue weighted by Crippen LogP contribution is -2.65. The number of hydrogen-bond donors (Lipinski definition) is 2. The Bertz CT molecular complexity index is 892. The van der Waals surface area contributed by atoms with Crippen molar-refractivity contribution in [1.29, 1.82) is 0 Å². The van der Waals surface area contributed by atoms with Crippen molar-refractivity contribution in [1.82, 2.24) is 0 Å². The van der Waals surface area contributed by atoms with Gasteiger partial charge in [-0.25, -0.2) is 9.59 Å². The maximum atomic E-state index is 11.4. The highest BCUT2D eigenvalue weighted by Crippen LogP contribution is 2.34. The van der Waals surface area contributed by atoms with Crippen LogP contribution in [0.1, 0.15) is 13.8 Å². The summed E-state index contributed by atoms with van der Waals surface area (Å²) in [6.45, 7) is 3.42. The maximum absolute atomic E-state index is 11.4. The molecular formula is C18H21NO8. The third-order valence-electron chi connectivity index (χ3n) is 4.37. The van der Waals surface area contributed by atoms with Crippen LogP contribution >= 0.6 is 0 Å². The number of carbonyl (C=O) groups is 1. The molecule has 27 heavy (non-hydrogen) atoms. The summed E-state index contributed by atoms with van der Waals surface area (Å²) in [6.07, 6.45) is -5.46. The average Bonchev–Trinajstić information content (AvgIpc) is 2.58. The largest absolute Gasteiger partial charge is 0.462 e. The molecule has 1 aliphatic rings. The van der Waals surface area contributed by atoms with Gasteiger partial charge in [-0.2, -0.15) is 0 Å². The molecule has 1 fully saturated rings. The highest BCUT2D eigenvalue weighted by molar-refractivity contribution is 5.77. The minimum atomic E-state index is -1.37. The Morgan fingerprint density at radius 3 is 2.63 bits per heavy atom. The number of hydrogen-bond acceptors (Lipinski definition) is 8. The molecule has 0 bridgehead atoms. The van der Waals surface area contributed by atoms with Gasteiger partial charge in [0, 0.05) is 24.6 Å². The van der Waals surface area contributed by atoms with Gasteiger partial charge in [-0.3, -0.25) is 0 Å². The van der Waals surface area contributed by atoms with Gasteiger partial charge >= 0.3 is 11.7 Å². The molecule has 1 aromatic carbocycles. The molecule has 3 N–H and O–H groups in total. The number of fused-ring (bicyclic) bond motifs is 1. The van der Waals surface area contributed by atoms with Crippen LogP contribution in [0.4, 0.5) is 4.79 Å². The SMILES string of the molecule is CO[C@@H]1[C@@H](OC(N)=O)[C@H](O)C(Oc2ccc3ccc(=O)oc3c2)OC1(C)C. The molecule has 1 amide bonds. The standard InChI is InChI=1S/C18H21NO8/c1-18(2)15(23-3)14(26-17(19)22)13(21)16(27-18)24-10-6-4-9-5-7-12(20)25-11(9)8-10/h4-8,13-16,21H,1-3H3,(H2,19,22)/t13-,14-,15+,16?/m0/s1. The first-order valence-corrected chi connectivity index (χ1v) is 8.26. The minimum absolute atomic E-state index is 0.297. The summed E-state index contributed by atoms with van der Waals surface area (Å²) >= 11 is 0. The van der Waals surface area contributed by atoms with E-state index in [0.29, 0.717) is 16.7 Å². The first kappa shape index (κ1) is 19.2. The Balaban J connectivity index is 1.89. The Morgan fingerprint density at radius 2 is 1.96 bits per heavy atom. The molecule has 2 heterocycles. The van der Waals surface area contributed by atoms with E-state index >= 15 is 0 Å². The van der Waals surface area contributed by atoms with E-state index < -0.39 is 41.9 Å². The van der Waals surface area contributed by atoms with Gasteiger partial charge in [0.05, 0.1) is 5.60 Å². The van der Waals surface area contributed by atoms with Crippen LogP contribution < -0.4 is 16.1 Å². The third kappa shape index (κ3) is 3.90. The number of carbonyl (C=O) groups excluding carboxylic acids is 1. The van der Waals surface area contributed by atoms with Gasteiger partial charge < -0.3 is 34.2 Å². The number of benzene rings is 1. The van der Waals surface area contributed by atoms with Crippen molar-refractivity contribution in [3.63, 3.8) is 0 Å². The molecular weight excluding hydrogens is 358 g/mol. The van der Waals surface area contributed by atoms with Crippen LogP contribution in [0.3, 0.4) is 0 Å². The molecule has 2 aromatic rings. The third-order valence-corrected chi connectivity index (χ3v) is 4.37. The molecule has 0 radical (unpaired) electrons. The minimum Gasteiger partial charge on any atom is -0.462 e. The first-order chi connectivity index (χ1) is 12.7. The summed E-state index contributed by atoms with van der Waals surface area (Å²) in [5.41, 5.74) is 3.99. The number of ether oxygens (including phenoxy) is 4. The summed E-state index contributed by atoms with van der Waals surface area (Å²) in [7, 11) is 1.41. The second kappa shape index (κ2) is 7.18. The molecule has 1 aromatic heterocycles. The number of amides is 1. The van der Waals surface area contributed by atoms with Gasteiger partial charge in [0.1, 0.15) is 17.4 Å². The lowest BCUT2D eigenvalue weighted by atomic mass is 9.89. The molecule has 0 aliphatic carbocycles. The molecule has 146 valence electrons. The lowest BCUT2D eigenvalue weighted by molar-refractivity contribution is -0.304. The van der Waals surface area contributed by atoms with E-state index in [-0.39, 0.29) is 0 Å². The van der Waals surface area contributed by atoms with Crippen LogP contribution in [0.15, 0.2) is 39.5 Å². The second-order valence-corrected chi connectivity index (χ2v) is 6.71. The predicted octanol–water partition coefficient (Wildman–Crippen LogP) is 1.15. The van der Waals surface area contributed by atoms with Gasteiger partial charge in [-0.1, -0.05) is 0 Å². The molecule has 4 atom stereocenters. The van der Waals surface area contributed by atoms with Crippen LogP contribution in [0, 0.1) is 0 Å². The van der Waals surface area contributed by atoms with E-state index in [1.54, 1.807) is 32.0 Å². The highest BCUT2D eigenvalue weighted by atomic mass is 16.7. The van der Waals surface area contributed by atoms with E-state index in [1.165, 1.54) is 19.2 Å². The van der Waals surface area contributed by atoms with Crippen molar-refractivity contribution in [3.05, 3.63) is 40.8 Å². The highest BCUT2D eigenvalue weighted by Gasteiger charge is 2.53. The van der Waals surface area contributed by atoms with Crippen molar-refractivity contribution in [3.8, 4) is 5.75 Å². The van der Waals surface area contributed by atoms with E-state index in [1.807, 2.05) is 0 Å². The number of primary amides is 1. The summed E-state index contributed by atoms with van der Waals surface area (Å²) in [5.74, 6) is 0.297.